The highest BCUT2D eigenvalue weighted by atomic mass is 32.1. The summed E-state index contributed by atoms with van der Waals surface area (Å²) < 4.78 is 41.5. The van der Waals surface area contributed by atoms with Gasteiger partial charge >= 0.3 is 6.36 Å². The molecule has 5 nitrogen and oxygen atoms in total. The van der Waals surface area contributed by atoms with Crippen LogP contribution >= 0.6 is 12.2 Å². The molecule has 1 aromatic heterocycles. The van der Waals surface area contributed by atoms with Crippen molar-refractivity contribution in [3.63, 3.8) is 0 Å². The van der Waals surface area contributed by atoms with E-state index in [1.54, 1.807) is 6.07 Å². The second-order valence-electron chi connectivity index (χ2n) is 3.69. The molecule has 0 unspecified atom stereocenters. The van der Waals surface area contributed by atoms with Gasteiger partial charge in [-0.1, -0.05) is 12.1 Å². The Labute approximate surface area is 110 Å². The molecule has 0 fully saturated rings. The van der Waals surface area contributed by atoms with E-state index in [0.717, 1.165) is 4.68 Å². The molecule has 1 heterocycles. The molecule has 0 saturated carbocycles. The van der Waals surface area contributed by atoms with Gasteiger partial charge in [-0.2, -0.15) is 5.10 Å². The standard InChI is InChI=1S/C10H9F3N4OS/c11-10(12,13)18-7-3-1-2-6(4-7)5-8-15-16-9(19)17(8)14/h1-4H,5,14H2,(H,16,19). The number of nitrogens with one attached hydrogen (secondary N) is 1. The van der Waals surface area contributed by atoms with Crippen molar-refractivity contribution in [3.05, 3.63) is 40.4 Å². The van der Waals surface area contributed by atoms with Gasteiger partial charge in [0.2, 0.25) is 4.77 Å². The lowest BCUT2D eigenvalue weighted by Gasteiger charge is -2.09. The first-order valence-corrected chi connectivity index (χ1v) is 5.52. The zero-order valence-corrected chi connectivity index (χ0v) is 10.3. The SMILES string of the molecule is Nn1c(Cc2cccc(OC(F)(F)F)c2)n[nH]c1=S. The first-order chi connectivity index (χ1) is 8.85. The number of H-pyrrole nitrogens is 1. The highest BCUT2D eigenvalue weighted by Gasteiger charge is 2.31. The number of alkyl halides is 3. The molecule has 0 saturated heterocycles. The fourth-order valence-electron chi connectivity index (χ4n) is 1.50. The number of nitrogen functional groups attached to an aromatic ring is 1. The van der Waals surface area contributed by atoms with Crippen LogP contribution in [0.15, 0.2) is 24.3 Å². The lowest BCUT2D eigenvalue weighted by molar-refractivity contribution is -0.274. The van der Waals surface area contributed by atoms with Crippen LogP contribution in [0.4, 0.5) is 13.2 Å². The van der Waals surface area contributed by atoms with Gasteiger partial charge in [0.05, 0.1) is 0 Å². The van der Waals surface area contributed by atoms with E-state index in [-0.39, 0.29) is 16.9 Å². The minimum Gasteiger partial charge on any atom is -0.406 e. The second kappa shape index (κ2) is 4.92. The van der Waals surface area contributed by atoms with E-state index in [2.05, 4.69) is 14.9 Å². The Kier molecular flexibility index (Phi) is 3.47. The predicted molar refractivity (Wildman–Crippen MR) is 63.5 cm³/mol. The number of hydrogen-bond donors (Lipinski definition) is 2. The van der Waals surface area contributed by atoms with Gasteiger partial charge in [0, 0.05) is 6.42 Å². The average molecular weight is 290 g/mol. The Balaban J connectivity index is 2.20. The van der Waals surface area contributed by atoms with Crippen molar-refractivity contribution in [2.75, 3.05) is 5.84 Å². The van der Waals surface area contributed by atoms with Crippen LogP contribution in [0.25, 0.3) is 0 Å². The molecular weight excluding hydrogens is 281 g/mol. The highest BCUT2D eigenvalue weighted by Crippen LogP contribution is 2.23. The van der Waals surface area contributed by atoms with Gasteiger partial charge in [0.1, 0.15) is 5.75 Å². The molecule has 0 atom stereocenters. The van der Waals surface area contributed by atoms with E-state index in [1.807, 2.05) is 0 Å². The van der Waals surface area contributed by atoms with Crippen LogP contribution in [0.5, 0.6) is 5.75 Å². The summed E-state index contributed by atoms with van der Waals surface area (Å²) in [5, 5.41) is 6.36. The van der Waals surface area contributed by atoms with Gasteiger partial charge < -0.3 is 10.6 Å². The number of aromatic amines is 1. The largest absolute Gasteiger partial charge is 0.573 e. The lowest BCUT2D eigenvalue weighted by atomic mass is 10.1. The summed E-state index contributed by atoms with van der Waals surface area (Å²) in [4.78, 5) is 0. The number of benzene rings is 1. The third kappa shape index (κ3) is 3.47. The van der Waals surface area contributed by atoms with Crippen LogP contribution < -0.4 is 10.6 Å². The zero-order chi connectivity index (χ0) is 14.0. The summed E-state index contributed by atoms with van der Waals surface area (Å²) in [6.45, 7) is 0. The Morgan fingerprint density at radius 2 is 2.16 bits per heavy atom. The summed E-state index contributed by atoms with van der Waals surface area (Å²) in [5.74, 6) is 5.72. The van der Waals surface area contributed by atoms with Gasteiger partial charge in [0.15, 0.2) is 5.82 Å². The number of ether oxygens (including phenoxy) is 1. The molecule has 0 aliphatic rings. The minimum absolute atomic E-state index is 0.234. The third-order valence-corrected chi connectivity index (χ3v) is 2.56. The molecule has 1 aromatic carbocycles. The summed E-state index contributed by atoms with van der Waals surface area (Å²) in [6.07, 6.45) is -4.48. The van der Waals surface area contributed by atoms with E-state index in [4.69, 9.17) is 18.1 Å². The van der Waals surface area contributed by atoms with Crippen molar-refractivity contribution < 1.29 is 17.9 Å². The molecule has 9 heteroatoms. The predicted octanol–water partition coefficient (Wildman–Crippen LogP) is 2.14. The van der Waals surface area contributed by atoms with E-state index >= 15 is 0 Å². The molecule has 0 spiro atoms. The highest BCUT2D eigenvalue weighted by molar-refractivity contribution is 7.71. The van der Waals surface area contributed by atoms with E-state index in [1.165, 1.54) is 18.2 Å². The van der Waals surface area contributed by atoms with Crippen LogP contribution in [0.3, 0.4) is 0 Å². The van der Waals surface area contributed by atoms with E-state index in [0.29, 0.717) is 11.4 Å². The van der Waals surface area contributed by atoms with Crippen molar-refractivity contribution in [1.29, 1.82) is 0 Å². The first-order valence-electron chi connectivity index (χ1n) is 5.11. The number of rotatable bonds is 3. The topological polar surface area (TPSA) is 68.9 Å². The van der Waals surface area contributed by atoms with Crippen molar-refractivity contribution in [2.45, 2.75) is 12.8 Å². The van der Waals surface area contributed by atoms with Crippen LogP contribution in [-0.2, 0) is 6.42 Å². The smallest absolute Gasteiger partial charge is 0.406 e. The monoisotopic (exact) mass is 290 g/mol. The maximum absolute atomic E-state index is 12.1. The number of aromatic nitrogens is 3. The fourth-order valence-corrected chi connectivity index (χ4v) is 1.65. The number of nitrogens with zero attached hydrogens (tertiary/aromatic N) is 2. The summed E-state index contributed by atoms with van der Waals surface area (Å²) in [7, 11) is 0. The normalized spacial score (nSPS) is 11.5. The Morgan fingerprint density at radius 1 is 1.42 bits per heavy atom. The summed E-state index contributed by atoms with van der Waals surface area (Å²) in [5.41, 5.74) is 0.572. The Morgan fingerprint density at radius 3 is 2.74 bits per heavy atom. The molecule has 0 radical (unpaired) electrons. The number of hydrogen-bond acceptors (Lipinski definition) is 4. The number of halogens is 3. The van der Waals surface area contributed by atoms with Gasteiger partial charge in [-0.05, 0) is 29.9 Å². The maximum Gasteiger partial charge on any atom is 0.573 e. The molecule has 0 aliphatic heterocycles. The van der Waals surface area contributed by atoms with Crippen molar-refractivity contribution >= 4 is 12.2 Å². The summed E-state index contributed by atoms with van der Waals surface area (Å²) in [6, 6.07) is 5.58. The Bertz CT molecular complexity index is 634. The van der Waals surface area contributed by atoms with Crippen LogP contribution in [-0.4, -0.2) is 21.2 Å². The van der Waals surface area contributed by atoms with Crippen molar-refractivity contribution in [2.24, 2.45) is 0 Å². The van der Waals surface area contributed by atoms with E-state index < -0.39 is 6.36 Å². The molecule has 2 aromatic rings. The van der Waals surface area contributed by atoms with Crippen LogP contribution in [0.1, 0.15) is 11.4 Å². The lowest BCUT2D eigenvalue weighted by Crippen LogP contribution is -2.17. The van der Waals surface area contributed by atoms with Gasteiger partial charge in [-0.25, -0.2) is 4.68 Å². The maximum atomic E-state index is 12.1. The molecule has 2 rings (SSSR count). The van der Waals surface area contributed by atoms with Crippen molar-refractivity contribution in [3.8, 4) is 5.75 Å². The van der Waals surface area contributed by atoms with Crippen LogP contribution in [0.2, 0.25) is 0 Å². The second-order valence-corrected chi connectivity index (χ2v) is 4.07. The molecule has 0 bridgehead atoms. The average Bonchev–Trinajstić information content (AvgIpc) is 2.59. The molecule has 102 valence electrons. The molecule has 3 N–H and O–H groups in total. The molecule has 0 amide bonds. The third-order valence-electron chi connectivity index (χ3n) is 2.27. The molecule has 0 aliphatic carbocycles. The Hall–Kier alpha value is -2.03. The van der Waals surface area contributed by atoms with Gasteiger partial charge in [0.25, 0.3) is 0 Å². The zero-order valence-electron chi connectivity index (χ0n) is 9.44. The minimum atomic E-state index is -4.72. The summed E-state index contributed by atoms with van der Waals surface area (Å²) >= 11 is 4.83. The van der Waals surface area contributed by atoms with Crippen molar-refractivity contribution in [1.82, 2.24) is 14.9 Å². The molecular formula is C10H9F3N4OS. The van der Waals surface area contributed by atoms with Gasteiger partial charge in [-0.3, -0.25) is 5.10 Å². The number of nitrogens with two attached hydrogens (primary N) is 1. The first kappa shape index (κ1) is 13.4. The fraction of sp³-hybridized carbons (Fsp3) is 0.200. The van der Waals surface area contributed by atoms with Crippen LogP contribution in [0, 0.1) is 4.77 Å². The quantitative estimate of drug-likeness (QED) is 0.671. The molecule has 19 heavy (non-hydrogen) atoms. The van der Waals surface area contributed by atoms with E-state index in [9.17, 15) is 13.2 Å². The van der Waals surface area contributed by atoms with Gasteiger partial charge in [-0.15, -0.1) is 13.2 Å².